The fourth-order valence-electron chi connectivity index (χ4n) is 3.75. The summed E-state index contributed by atoms with van der Waals surface area (Å²) in [5, 5.41) is 16.1. The highest BCUT2D eigenvalue weighted by Gasteiger charge is 2.34. The molecule has 12 heteroatoms. The first kappa shape index (κ1) is 31.9. The molecule has 2 rings (SSSR count). The van der Waals surface area contributed by atoms with Crippen LogP contribution in [0.5, 0.6) is 0 Å². The third kappa shape index (κ3) is 10.4. The molecule has 4 atom stereocenters. The van der Waals surface area contributed by atoms with E-state index in [1.807, 2.05) is 11.4 Å². The van der Waals surface area contributed by atoms with Gasteiger partial charge in [-0.05, 0) is 17.0 Å². The average Bonchev–Trinajstić information content (AvgIpc) is 2.93. The van der Waals surface area contributed by atoms with Gasteiger partial charge in [0.25, 0.3) is 5.78 Å². The zero-order valence-corrected chi connectivity index (χ0v) is 22.1. The molecule has 0 aliphatic carbocycles. The lowest BCUT2D eigenvalue weighted by Gasteiger charge is -2.27. The van der Waals surface area contributed by atoms with E-state index in [0.29, 0.717) is 12.0 Å². The number of hydrogen-bond acceptors (Lipinski definition) is 6. The Morgan fingerprint density at radius 3 is 1.90 bits per heavy atom. The van der Waals surface area contributed by atoms with E-state index >= 15 is 0 Å². The highest BCUT2D eigenvalue weighted by molar-refractivity contribution is 6.35. The molecule has 3 amide bonds. The summed E-state index contributed by atoms with van der Waals surface area (Å²) >= 11 is 0. The molecule has 0 heterocycles. The van der Waals surface area contributed by atoms with Crippen molar-refractivity contribution in [2.75, 3.05) is 0 Å². The standard InChI is InChI=1S/C28H33F2N3O7/c1-3-17(2)23(33-28(39)40-16-19-12-8-5-9-13-19)26(36)32-21(14-18-10-6-4-7-11-18)25(35)31-20(15-22(29)30)24(34)27(37)38/h4-13,17,20-23H,3,14-16H2,1-2H3,(H,31,35)(H,32,36)(H,33,39)(H,37,38)/t17?,20?,21-,23-/m0/s1. The molecular formula is C28H33F2N3O7. The van der Waals surface area contributed by atoms with Crippen molar-refractivity contribution in [3.05, 3.63) is 71.8 Å². The molecule has 0 aromatic heterocycles. The fraction of sp³-hybridized carbons (Fsp3) is 0.393. The van der Waals surface area contributed by atoms with Gasteiger partial charge in [-0.3, -0.25) is 14.4 Å². The number of ketones is 1. The number of halogens is 2. The molecule has 0 aliphatic heterocycles. The quantitative estimate of drug-likeness (QED) is 0.244. The molecule has 0 spiro atoms. The fourth-order valence-corrected chi connectivity index (χ4v) is 3.75. The molecule has 40 heavy (non-hydrogen) atoms. The molecule has 10 nitrogen and oxygen atoms in total. The summed E-state index contributed by atoms with van der Waals surface area (Å²) in [5.74, 6) is -5.78. The lowest BCUT2D eigenvalue weighted by atomic mass is 9.97. The molecule has 216 valence electrons. The summed E-state index contributed by atoms with van der Waals surface area (Å²) in [6.07, 6.45) is -4.79. The first-order valence-electron chi connectivity index (χ1n) is 12.7. The minimum Gasteiger partial charge on any atom is -0.475 e. The Morgan fingerprint density at radius 1 is 0.825 bits per heavy atom. The molecular weight excluding hydrogens is 528 g/mol. The first-order chi connectivity index (χ1) is 19.0. The van der Waals surface area contributed by atoms with Gasteiger partial charge in [0, 0.05) is 12.8 Å². The molecule has 0 aliphatic rings. The van der Waals surface area contributed by atoms with Crippen molar-refractivity contribution in [1.29, 1.82) is 0 Å². The van der Waals surface area contributed by atoms with Crippen molar-refractivity contribution in [3.63, 3.8) is 0 Å². The molecule has 2 aromatic rings. The van der Waals surface area contributed by atoms with Crippen molar-refractivity contribution < 1.29 is 42.6 Å². The monoisotopic (exact) mass is 561 g/mol. The maximum Gasteiger partial charge on any atom is 0.408 e. The lowest BCUT2D eigenvalue weighted by molar-refractivity contribution is -0.151. The summed E-state index contributed by atoms with van der Waals surface area (Å²) < 4.78 is 31.3. The number of hydrogen-bond donors (Lipinski definition) is 4. The van der Waals surface area contributed by atoms with E-state index < -0.39 is 66.5 Å². The number of carbonyl (C=O) groups is 5. The number of benzene rings is 2. The Hall–Kier alpha value is -4.35. The van der Waals surface area contributed by atoms with Crippen LogP contribution >= 0.6 is 0 Å². The van der Waals surface area contributed by atoms with Crippen molar-refractivity contribution in [1.82, 2.24) is 16.0 Å². The van der Waals surface area contributed by atoms with Gasteiger partial charge < -0.3 is 25.8 Å². The second-order valence-electron chi connectivity index (χ2n) is 9.18. The molecule has 0 saturated carbocycles. The molecule has 0 bridgehead atoms. The zero-order chi connectivity index (χ0) is 29.7. The van der Waals surface area contributed by atoms with Gasteiger partial charge in [0.05, 0.1) is 0 Å². The largest absolute Gasteiger partial charge is 0.475 e. The number of alkyl halides is 2. The summed E-state index contributed by atoms with van der Waals surface area (Å²) in [6.45, 7) is 3.46. The number of alkyl carbamates (subject to hydrolysis) is 1. The van der Waals surface area contributed by atoms with Crippen LogP contribution in [0.4, 0.5) is 13.6 Å². The zero-order valence-electron chi connectivity index (χ0n) is 22.1. The van der Waals surface area contributed by atoms with Crippen molar-refractivity contribution in [3.8, 4) is 0 Å². The van der Waals surface area contributed by atoms with E-state index in [2.05, 4.69) is 10.6 Å². The van der Waals surface area contributed by atoms with Gasteiger partial charge >= 0.3 is 12.1 Å². The number of carboxylic acid groups (broad SMARTS) is 1. The summed E-state index contributed by atoms with van der Waals surface area (Å²) in [7, 11) is 0. The first-order valence-corrected chi connectivity index (χ1v) is 12.7. The van der Waals surface area contributed by atoms with Crippen LogP contribution < -0.4 is 16.0 Å². The van der Waals surface area contributed by atoms with E-state index in [4.69, 9.17) is 9.84 Å². The Kier molecular flexibility index (Phi) is 12.7. The van der Waals surface area contributed by atoms with E-state index in [9.17, 15) is 32.8 Å². The number of carboxylic acids is 1. The predicted molar refractivity (Wildman–Crippen MR) is 140 cm³/mol. The molecule has 2 aromatic carbocycles. The number of Topliss-reactive ketones (excluding diaryl/α,β-unsaturated/α-hetero) is 1. The Morgan fingerprint density at radius 2 is 1.38 bits per heavy atom. The van der Waals surface area contributed by atoms with Gasteiger partial charge in [-0.25, -0.2) is 18.4 Å². The van der Waals surface area contributed by atoms with Crippen LogP contribution in [-0.2, 0) is 36.9 Å². The van der Waals surface area contributed by atoms with Gasteiger partial charge in [-0.2, -0.15) is 0 Å². The van der Waals surface area contributed by atoms with Gasteiger partial charge in [-0.15, -0.1) is 0 Å². The van der Waals surface area contributed by atoms with E-state index in [1.54, 1.807) is 68.4 Å². The Labute approximate surface area is 230 Å². The Balaban J connectivity index is 2.22. The van der Waals surface area contributed by atoms with Crippen LogP contribution in [0.25, 0.3) is 0 Å². The smallest absolute Gasteiger partial charge is 0.408 e. The maximum atomic E-state index is 13.3. The van der Waals surface area contributed by atoms with Gasteiger partial charge in [-0.1, -0.05) is 80.9 Å². The lowest BCUT2D eigenvalue weighted by Crippen LogP contribution is -2.58. The number of ether oxygens (including phenoxy) is 1. The highest BCUT2D eigenvalue weighted by Crippen LogP contribution is 2.12. The van der Waals surface area contributed by atoms with Crippen LogP contribution in [0.1, 0.15) is 37.8 Å². The van der Waals surface area contributed by atoms with Crippen LogP contribution in [0.3, 0.4) is 0 Å². The predicted octanol–water partition coefficient (Wildman–Crippen LogP) is 2.85. The van der Waals surface area contributed by atoms with Crippen LogP contribution in [0, 0.1) is 5.92 Å². The average molecular weight is 562 g/mol. The highest BCUT2D eigenvalue weighted by atomic mass is 19.3. The van der Waals surface area contributed by atoms with Crippen LogP contribution in [-0.4, -0.2) is 59.3 Å². The van der Waals surface area contributed by atoms with Crippen molar-refractivity contribution in [2.24, 2.45) is 5.92 Å². The van der Waals surface area contributed by atoms with E-state index in [1.165, 1.54) is 0 Å². The number of aliphatic carboxylic acids is 1. The molecule has 4 N–H and O–H groups in total. The molecule has 0 saturated heterocycles. The molecule has 0 radical (unpaired) electrons. The van der Waals surface area contributed by atoms with Crippen molar-refractivity contribution in [2.45, 2.75) is 64.3 Å². The molecule has 2 unspecified atom stereocenters. The number of carbonyl (C=O) groups excluding carboxylic acids is 4. The SMILES string of the molecule is CCC(C)[C@H](NC(=O)OCc1ccccc1)C(=O)N[C@@H](Cc1ccccc1)C(=O)NC(CC(F)F)C(=O)C(=O)O. The van der Waals surface area contributed by atoms with Crippen LogP contribution in [0.2, 0.25) is 0 Å². The van der Waals surface area contributed by atoms with Gasteiger partial charge in [0.1, 0.15) is 24.7 Å². The van der Waals surface area contributed by atoms with E-state index in [-0.39, 0.29) is 13.0 Å². The normalized spacial score (nSPS) is 13.8. The third-order valence-electron chi connectivity index (χ3n) is 6.15. The summed E-state index contributed by atoms with van der Waals surface area (Å²) in [5.41, 5.74) is 1.32. The number of nitrogens with one attached hydrogen (secondary N) is 3. The molecule has 0 fully saturated rings. The number of amides is 3. The number of rotatable bonds is 15. The second kappa shape index (κ2) is 15.9. The van der Waals surface area contributed by atoms with E-state index in [0.717, 1.165) is 5.56 Å². The van der Waals surface area contributed by atoms with Crippen LogP contribution in [0.15, 0.2) is 60.7 Å². The topological polar surface area (TPSA) is 151 Å². The maximum absolute atomic E-state index is 13.3. The minimum atomic E-state index is -3.07. The minimum absolute atomic E-state index is 0.0380. The van der Waals surface area contributed by atoms with Gasteiger partial charge in [0.2, 0.25) is 18.2 Å². The summed E-state index contributed by atoms with van der Waals surface area (Å²) in [6, 6.07) is 12.8. The second-order valence-corrected chi connectivity index (χ2v) is 9.18. The third-order valence-corrected chi connectivity index (χ3v) is 6.15. The summed E-state index contributed by atoms with van der Waals surface area (Å²) in [4.78, 5) is 62.0. The van der Waals surface area contributed by atoms with Crippen molar-refractivity contribution >= 4 is 29.7 Å². The van der Waals surface area contributed by atoms with Gasteiger partial charge in [0.15, 0.2) is 0 Å². The Bertz CT molecular complexity index is 1150.